The van der Waals surface area contributed by atoms with Gasteiger partial charge < -0.3 is 21.1 Å². The molecule has 1 aliphatic heterocycles. The fourth-order valence-electron chi connectivity index (χ4n) is 4.45. The highest BCUT2D eigenvalue weighted by Gasteiger charge is 2.41. The number of alkyl halides is 6. The molecule has 2 aromatic heterocycles. The van der Waals surface area contributed by atoms with Gasteiger partial charge in [-0.1, -0.05) is 12.1 Å². The molecule has 1 atom stereocenters. The van der Waals surface area contributed by atoms with Crippen LogP contribution in [0.3, 0.4) is 0 Å². The van der Waals surface area contributed by atoms with Crippen molar-refractivity contribution in [2.24, 2.45) is 0 Å². The molecular formula is C27H21F6N7O4S. The Bertz CT molecular complexity index is 1810. The topological polar surface area (TPSA) is 152 Å². The molecular weight excluding hydrogens is 632 g/mol. The minimum Gasteiger partial charge on any atom is -0.424 e. The number of carbonyl (C=O) groups is 1. The number of nitrogens with two attached hydrogens (primary N) is 1. The lowest BCUT2D eigenvalue weighted by Gasteiger charge is -2.40. The first-order chi connectivity index (χ1) is 21.2. The van der Waals surface area contributed by atoms with E-state index in [1.165, 1.54) is 24.3 Å². The summed E-state index contributed by atoms with van der Waals surface area (Å²) in [6.07, 6.45) is -4.57. The molecule has 45 heavy (non-hydrogen) atoms. The fraction of sp³-hybridized carbons (Fsp3) is 0.222. The van der Waals surface area contributed by atoms with Gasteiger partial charge in [-0.15, -0.1) is 0 Å². The lowest BCUT2D eigenvalue weighted by atomic mass is 9.95. The van der Waals surface area contributed by atoms with Crippen molar-refractivity contribution < 1.29 is 44.3 Å². The molecule has 4 N–H and O–H groups in total. The molecule has 0 radical (unpaired) electrons. The minimum absolute atomic E-state index is 0.0304. The van der Waals surface area contributed by atoms with Crippen molar-refractivity contribution in [3.63, 3.8) is 0 Å². The van der Waals surface area contributed by atoms with Crippen LogP contribution in [-0.2, 0) is 16.5 Å². The average molecular weight is 654 g/mol. The highest BCUT2D eigenvalue weighted by molar-refractivity contribution is 7.73. The van der Waals surface area contributed by atoms with Crippen LogP contribution in [0.2, 0.25) is 0 Å². The van der Waals surface area contributed by atoms with E-state index >= 15 is 0 Å². The molecule has 1 aromatic carbocycles. The number of carbonyl (C=O) groups excluding carboxylic acids is 1. The van der Waals surface area contributed by atoms with Gasteiger partial charge in [0.15, 0.2) is 0 Å². The maximum Gasteiger partial charge on any atom is 0.417 e. The number of nitrogen functional groups attached to an aromatic ring is 1. The van der Waals surface area contributed by atoms with E-state index < -0.39 is 50.7 Å². The van der Waals surface area contributed by atoms with Crippen LogP contribution < -0.4 is 21.1 Å². The second-order valence-electron chi connectivity index (χ2n) is 9.74. The Morgan fingerprint density at radius 1 is 0.933 bits per heavy atom. The Balaban J connectivity index is 1.25. The first-order valence-electron chi connectivity index (χ1n) is 12.9. The van der Waals surface area contributed by atoms with Crippen LogP contribution in [0.1, 0.15) is 12.0 Å². The number of allylic oxidation sites excluding steroid dienone is 2. The standard InChI is InChI=1S/C27H21F6N7O4S/c28-26(29,30)15-9-20(22(40-6-1-7-40)21(10-15)45(42)43)39-24(41)38-17-12-36-25(37-13-17)44-18-4-2-14(3-5-18)19-8-16(27(31,32)33)11-35-23(19)34/h2-5,8-13,22H,1,6-7H2,(H2,34,35)(H2,38,39,41). The molecule has 0 bridgehead atoms. The molecule has 3 aromatic rings. The van der Waals surface area contributed by atoms with Crippen molar-refractivity contribution in [3.8, 4) is 22.9 Å². The molecule has 236 valence electrons. The number of anilines is 2. The number of aromatic nitrogens is 3. The second-order valence-corrected chi connectivity index (χ2v) is 10.7. The summed E-state index contributed by atoms with van der Waals surface area (Å²) in [4.78, 5) is 25.3. The number of pyridine rings is 1. The predicted molar refractivity (Wildman–Crippen MR) is 149 cm³/mol. The number of likely N-dealkylation sites (tertiary alicyclic amines) is 1. The number of rotatable bonds is 6. The molecule has 2 amide bonds. The van der Waals surface area contributed by atoms with E-state index in [4.69, 9.17) is 10.5 Å². The molecule has 18 heteroatoms. The van der Waals surface area contributed by atoms with Gasteiger partial charge in [0.05, 0.1) is 40.1 Å². The third-order valence-corrected chi connectivity index (χ3v) is 7.44. The van der Waals surface area contributed by atoms with Crippen molar-refractivity contribution in [1.82, 2.24) is 25.2 Å². The van der Waals surface area contributed by atoms with Gasteiger partial charge in [0.25, 0.3) is 0 Å². The summed E-state index contributed by atoms with van der Waals surface area (Å²) in [6.45, 7) is 0.853. The van der Waals surface area contributed by atoms with Gasteiger partial charge in [-0.25, -0.2) is 19.7 Å². The van der Waals surface area contributed by atoms with Gasteiger partial charge in [0, 0.05) is 30.5 Å². The Kier molecular flexibility index (Phi) is 8.53. The van der Waals surface area contributed by atoms with Crippen molar-refractivity contribution in [2.75, 3.05) is 24.1 Å². The van der Waals surface area contributed by atoms with Crippen LogP contribution >= 0.6 is 0 Å². The normalized spacial score (nSPS) is 17.1. The van der Waals surface area contributed by atoms with Crippen molar-refractivity contribution in [1.29, 1.82) is 0 Å². The first-order valence-corrected chi connectivity index (χ1v) is 14.0. The zero-order valence-electron chi connectivity index (χ0n) is 22.6. The van der Waals surface area contributed by atoms with E-state index in [-0.39, 0.29) is 34.5 Å². The lowest BCUT2D eigenvalue weighted by molar-refractivity contribution is -0.137. The summed E-state index contributed by atoms with van der Waals surface area (Å²) in [6, 6.07) is 4.44. The summed E-state index contributed by atoms with van der Waals surface area (Å²) in [5.74, 6) is 0.118. The maximum absolute atomic E-state index is 13.5. The lowest BCUT2D eigenvalue weighted by Crippen LogP contribution is -2.54. The van der Waals surface area contributed by atoms with E-state index in [9.17, 15) is 39.6 Å². The third kappa shape index (κ3) is 7.23. The van der Waals surface area contributed by atoms with Crippen LogP contribution in [0, 0.1) is 0 Å². The molecule has 1 unspecified atom stereocenters. The SMILES string of the molecule is Nc1ncc(C(F)(F)F)cc1-c1ccc(Oc2ncc(NC(=O)NC3=CC(C(F)(F)F)=CC(=S(=O)=O)C3N3CCC3)cn2)cc1. The van der Waals surface area contributed by atoms with E-state index in [1.807, 2.05) is 0 Å². The van der Waals surface area contributed by atoms with Gasteiger partial charge in [-0.2, -0.15) is 34.8 Å². The summed E-state index contributed by atoms with van der Waals surface area (Å²) in [5.41, 5.74) is 3.74. The van der Waals surface area contributed by atoms with E-state index in [1.54, 1.807) is 4.90 Å². The Morgan fingerprint density at radius 3 is 2.16 bits per heavy atom. The Morgan fingerprint density at radius 2 is 1.60 bits per heavy atom. The predicted octanol–water partition coefficient (Wildman–Crippen LogP) is 4.57. The van der Waals surface area contributed by atoms with Crippen LogP contribution in [0.5, 0.6) is 11.8 Å². The van der Waals surface area contributed by atoms with E-state index in [0.717, 1.165) is 18.5 Å². The van der Waals surface area contributed by atoms with E-state index in [0.29, 0.717) is 43.4 Å². The van der Waals surface area contributed by atoms with Gasteiger partial charge >= 0.3 is 24.4 Å². The number of nitrogens with one attached hydrogen (secondary N) is 2. The quantitative estimate of drug-likeness (QED) is 0.257. The van der Waals surface area contributed by atoms with Crippen LogP contribution in [0.4, 0.5) is 42.6 Å². The fourth-order valence-corrected chi connectivity index (χ4v) is 5.13. The third-order valence-electron chi connectivity index (χ3n) is 6.71. The van der Waals surface area contributed by atoms with Crippen molar-refractivity contribution >= 4 is 32.7 Å². The molecule has 3 heterocycles. The zero-order valence-corrected chi connectivity index (χ0v) is 23.5. The summed E-state index contributed by atoms with van der Waals surface area (Å²) in [7, 11) is -2.98. The van der Waals surface area contributed by atoms with Crippen molar-refractivity contribution in [2.45, 2.75) is 24.8 Å². The second kappa shape index (κ2) is 12.2. The van der Waals surface area contributed by atoms with Crippen LogP contribution in [0.25, 0.3) is 11.1 Å². The average Bonchev–Trinajstić information content (AvgIpc) is 2.93. The molecule has 1 aliphatic carbocycles. The van der Waals surface area contributed by atoms with Gasteiger partial charge in [0.1, 0.15) is 11.6 Å². The smallest absolute Gasteiger partial charge is 0.417 e. The molecule has 5 rings (SSSR count). The number of nitrogens with zero attached hydrogens (tertiary/aromatic N) is 4. The highest BCUT2D eigenvalue weighted by Crippen LogP contribution is 2.35. The minimum atomic E-state index is -4.86. The molecule has 2 aliphatic rings. The number of benzene rings is 1. The van der Waals surface area contributed by atoms with E-state index in [2.05, 4.69) is 25.6 Å². The number of ether oxygens (including phenoxy) is 1. The highest BCUT2D eigenvalue weighted by atomic mass is 32.2. The largest absolute Gasteiger partial charge is 0.424 e. The Labute approximate surface area is 252 Å². The number of hydrogen-bond acceptors (Lipinski definition) is 9. The molecule has 1 saturated heterocycles. The van der Waals surface area contributed by atoms with Crippen LogP contribution in [0.15, 0.2) is 72.3 Å². The molecule has 0 spiro atoms. The molecule has 11 nitrogen and oxygen atoms in total. The monoisotopic (exact) mass is 653 g/mol. The summed E-state index contributed by atoms with van der Waals surface area (Å²) in [5, 5.41) is 4.68. The molecule has 1 fully saturated rings. The van der Waals surface area contributed by atoms with Gasteiger partial charge in [-0.3, -0.25) is 4.90 Å². The number of urea groups is 1. The van der Waals surface area contributed by atoms with Gasteiger partial charge in [-0.05, 0) is 42.3 Å². The summed E-state index contributed by atoms with van der Waals surface area (Å²) >= 11 is 0. The number of halogens is 6. The molecule has 0 saturated carbocycles. The van der Waals surface area contributed by atoms with Gasteiger partial charge in [0.2, 0.25) is 10.3 Å². The maximum atomic E-state index is 13.5. The van der Waals surface area contributed by atoms with Crippen molar-refractivity contribution in [3.05, 3.63) is 77.9 Å². The zero-order chi connectivity index (χ0) is 32.5. The Hall–Kier alpha value is -4.97. The van der Waals surface area contributed by atoms with Crippen LogP contribution in [-0.4, -0.2) is 64.5 Å². The number of amides is 2. The first kappa shape index (κ1) is 31.5. The summed E-state index contributed by atoms with van der Waals surface area (Å²) < 4.78 is 109. The number of hydrogen-bond donors (Lipinski definition) is 3.